The summed E-state index contributed by atoms with van der Waals surface area (Å²) in [5.41, 5.74) is 2.69. The molecule has 50 valence electrons. The minimum atomic E-state index is 0.745. The molecule has 1 aliphatic heterocycles. The van der Waals surface area contributed by atoms with Gasteiger partial charge in [-0.1, -0.05) is 6.92 Å². The molecule has 0 atom stereocenters. The van der Waals surface area contributed by atoms with Crippen LogP contribution in [-0.4, -0.2) is 6.61 Å². The van der Waals surface area contributed by atoms with E-state index in [0.717, 1.165) is 13.0 Å². The monoisotopic (exact) mass is 124 g/mol. The van der Waals surface area contributed by atoms with Crippen molar-refractivity contribution in [3.05, 3.63) is 23.5 Å². The average molecular weight is 124 g/mol. The van der Waals surface area contributed by atoms with Crippen molar-refractivity contribution in [2.45, 2.75) is 20.3 Å². The molecule has 0 saturated carbocycles. The average Bonchev–Trinajstić information content (AvgIpc) is 1.89. The van der Waals surface area contributed by atoms with Crippen molar-refractivity contribution in [2.75, 3.05) is 6.61 Å². The molecular formula is C8H12O. The molecule has 0 aliphatic carbocycles. The predicted octanol–water partition coefficient (Wildman–Crippen LogP) is 2.26. The summed E-state index contributed by atoms with van der Waals surface area (Å²) in [6.07, 6.45) is 5.04. The second-order valence-electron chi connectivity index (χ2n) is 2.22. The van der Waals surface area contributed by atoms with E-state index in [1.54, 1.807) is 0 Å². The molecule has 1 nitrogen and oxygen atoms in total. The largest absolute Gasteiger partial charge is 0.497 e. The van der Waals surface area contributed by atoms with Gasteiger partial charge < -0.3 is 4.74 Å². The van der Waals surface area contributed by atoms with Crippen LogP contribution in [0.2, 0.25) is 0 Å². The lowest BCUT2D eigenvalue weighted by molar-refractivity contribution is 0.279. The maximum absolute atomic E-state index is 5.10. The van der Waals surface area contributed by atoms with Gasteiger partial charge in [-0.2, -0.15) is 0 Å². The third kappa shape index (κ3) is 1.35. The Morgan fingerprint density at radius 1 is 1.67 bits per heavy atom. The van der Waals surface area contributed by atoms with E-state index in [1.165, 1.54) is 11.1 Å². The Kier molecular flexibility index (Phi) is 1.93. The van der Waals surface area contributed by atoms with E-state index in [9.17, 15) is 0 Å². The van der Waals surface area contributed by atoms with Crippen molar-refractivity contribution in [1.82, 2.24) is 0 Å². The molecule has 0 amide bonds. The quantitative estimate of drug-likeness (QED) is 0.521. The van der Waals surface area contributed by atoms with Crippen molar-refractivity contribution in [3.63, 3.8) is 0 Å². The zero-order chi connectivity index (χ0) is 6.69. The lowest BCUT2D eigenvalue weighted by Crippen LogP contribution is -1.95. The molecule has 0 unspecified atom stereocenters. The standard InChI is InChI=1S/C8H12O/c1-3-8-6-9-5-4-7(8)2/h4,6H,3,5H2,1-2H3. The van der Waals surface area contributed by atoms with Crippen LogP contribution in [-0.2, 0) is 4.74 Å². The number of hydrogen-bond donors (Lipinski definition) is 0. The molecule has 1 aliphatic rings. The molecule has 0 radical (unpaired) electrons. The molecule has 0 aromatic heterocycles. The van der Waals surface area contributed by atoms with Crippen LogP contribution in [0.4, 0.5) is 0 Å². The summed E-state index contributed by atoms with van der Waals surface area (Å²) >= 11 is 0. The molecule has 0 saturated heterocycles. The topological polar surface area (TPSA) is 9.23 Å². The highest BCUT2D eigenvalue weighted by atomic mass is 16.5. The lowest BCUT2D eigenvalue weighted by Gasteiger charge is -2.10. The number of allylic oxidation sites excluding steroid dienone is 2. The second kappa shape index (κ2) is 2.72. The Morgan fingerprint density at radius 3 is 2.89 bits per heavy atom. The van der Waals surface area contributed by atoms with Crippen molar-refractivity contribution in [2.24, 2.45) is 0 Å². The highest BCUT2D eigenvalue weighted by Gasteiger charge is 2.00. The van der Waals surface area contributed by atoms with Crippen LogP contribution >= 0.6 is 0 Å². The van der Waals surface area contributed by atoms with Crippen molar-refractivity contribution in [3.8, 4) is 0 Å². The molecule has 0 bridgehead atoms. The molecule has 0 aromatic rings. The summed E-state index contributed by atoms with van der Waals surface area (Å²) in [6, 6.07) is 0. The highest BCUT2D eigenvalue weighted by Crippen LogP contribution is 2.16. The Bertz CT molecular complexity index is 154. The molecule has 0 aromatic carbocycles. The third-order valence-corrected chi connectivity index (χ3v) is 1.60. The van der Waals surface area contributed by atoms with Gasteiger partial charge in [-0.3, -0.25) is 0 Å². The van der Waals surface area contributed by atoms with Gasteiger partial charge in [0.05, 0.1) is 6.26 Å². The molecule has 0 N–H and O–H groups in total. The molecule has 9 heavy (non-hydrogen) atoms. The highest BCUT2D eigenvalue weighted by molar-refractivity contribution is 5.29. The van der Waals surface area contributed by atoms with Gasteiger partial charge in [0.25, 0.3) is 0 Å². The molecule has 1 heterocycles. The smallest absolute Gasteiger partial charge is 0.106 e. The Labute approximate surface area is 56.0 Å². The SMILES string of the molecule is CCC1=COCC=C1C. The molecule has 1 rings (SSSR count). The maximum Gasteiger partial charge on any atom is 0.106 e. The van der Waals surface area contributed by atoms with Crippen molar-refractivity contribution < 1.29 is 4.74 Å². The minimum absolute atomic E-state index is 0.745. The predicted molar refractivity (Wildman–Crippen MR) is 38.1 cm³/mol. The number of ether oxygens (including phenoxy) is 1. The lowest BCUT2D eigenvalue weighted by atomic mass is 10.1. The van der Waals surface area contributed by atoms with Gasteiger partial charge in [-0.15, -0.1) is 0 Å². The van der Waals surface area contributed by atoms with E-state index in [0.29, 0.717) is 0 Å². The Morgan fingerprint density at radius 2 is 2.44 bits per heavy atom. The van der Waals surface area contributed by atoms with Crippen molar-refractivity contribution >= 4 is 0 Å². The van der Waals surface area contributed by atoms with E-state index in [1.807, 2.05) is 6.26 Å². The van der Waals surface area contributed by atoms with E-state index >= 15 is 0 Å². The summed E-state index contributed by atoms with van der Waals surface area (Å²) < 4.78 is 5.10. The first-order valence-electron chi connectivity index (χ1n) is 3.32. The first-order valence-corrected chi connectivity index (χ1v) is 3.32. The first kappa shape index (κ1) is 6.40. The van der Waals surface area contributed by atoms with Gasteiger partial charge in [0.2, 0.25) is 0 Å². The molecular weight excluding hydrogens is 112 g/mol. The summed E-state index contributed by atoms with van der Waals surface area (Å²) in [7, 11) is 0. The fourth-order valence-electron chi connectivity index (χ4n) is 0.908. The third-order valence-electron chi connectivity index (χ3n) is 1.60. The minimum Gasteiger partial charge on any atom is -0.497 e. The summed E-state index contributed by atoms with van der Waals surface area (Å²) in [5, 5.41) is 0. The Hall–Kier alpha value is -0.720. The zero-order valence-corrected chi connectivity index (χ0v) is 5.98. The van der Waals surface area contributed by atoms with Crippen LogP contribution in [0, 0.1) is 0 Å². The maximum atomic E-state index is 5.10. The van der Waals surface area contributed by atoms with Gasteiger partial charge >= 0.3 is 0 Å². The van der Waals surface area contributed by atoms with Gasteiger partial charge in [-0.05, 0) is 30.6 Å². The number of rotatable bonds is 1. The Balaban J connectivity index is 2.68. The summed E-state index contributed by atoms with van der Waals surface area (Å²) in [6.45, 7) is 5.00. The van der Waals surface area contributed by atoms with E-state index in [-0.39, 0.29) is 0 Å². The van der Waals surface area contributed by atoms with Gasteiger partial charge in [-0.25, -0.2) is 0 Å². The molecule has 1 heteroatoms. The fourth-order valence-corrected chi connectivity index (χ4v) is 0.908. The zero-order valence-electron chi connectivity index (χ0n) is 5.98. The normalized spacial score (nSPS) is 18.0. The van der Waals surface area contributed by atoms with E-state index < -0.39 is 0 Å². The molecule has 0 fully saturated rings. The van der Waals surface area contributed by atoms with Gasteiger partial charge in [0.15, 0.2) is 0 Å². The first-order chi connectivity index (χ1) is 4.34. The molecule has 0 spiro atoms. The van der Waals surface area contributed by atoms with Gasteiger partial charge in [0.1, 0.15) is 6.61 Å². The number of hydrogen-bond acceptors (Lipinski definition) is 1. The summed E-state index contributed by atoms with van der Waals surface area (Å²) in [4.78, 5) is 0. The van der Waals surface area contributed by atoms with E-state index in [4.69, 9.17) is 4.74 Å². The van der Waals surface area contributed by atoms with Crippen LogP contribution in [0.25, 0.3) is 0 Å². The fraction of sp³-hybridized carbons (Fsp3) is 0.500. The van der Waals surface area contributed by atoms with Crippen LogP contribution in [0.3, 0.4) is 0 Å². The summed E-state index contributed by atoms with van der Waals surface area (Å²) in [5.74, 6) is 0. The van der Waals surface area contributed by atoms with Gasteiger partial charge in [0, 0.05) is 0 Å². The van der Waals surface area contributed by atoms with E-state index in [2.05, 4.69) is 19.9 Å². The van der Waals surface area contributed by atoms with Crippen LogP contribution in [0.15, 0.2) is 23.5 Å². The van der Waals surface area contributed by atoms with Crippen LogP contribution < -0.4 is 0 Å². The van der Waals surface area contributed by atoms with Crippen LogP contribution in [0.1, 0.15) is 20.3 Å². The van der Waals surface area contributed by atoms with Crippen molar-refractivity contribution in [1.29, 1.82) is 0 Å². The van der Waals surface area contributed by atoms with Crippen LogP contribution in [0.5, 0.6) is 0 Å². The second-order valence-corrected chi connectivity index (χ2v) is 2.22.